The van der Waals surface area contributed by atoms with Gasteiger partial charge in [-0.1, -0.05) is 12.1 Å². The van der Waals surface area contributed by atoms with Gasteiger partial charge in [-0.05, 0) is 48.9 Å². The summed E-state index contributed by atoms with van der Waals surface area (Å²) in [6.45, 7) is 4.56. The lowest BCUT2D eigenvalue weighted by atomic mass is 10.1. The van der Waals surface area contributed by atoms with Crippen LogP contribution in [0.3, 0.4) is 0 Å². The maximum atomic E-state index is 14.2. The summed E-state index contributed by atoms with van der Waals surface area (Å²) in [5.74, 6) is -0.0675. The maximum Gasteiger partial charge on any atom is 0.266 e. The monoisotopic (exact) mass is 465 g/mol. The largest absolute Gasteiger partial charge is 0.366 e. The van der Waals surface area contributed by atoms with Crippen molar-refractivity contribution in [3.05, 3.63) is 76.9 Å². The molecule has 0 atom stereocenters. The van der Waals surface area contributed by atoms with Crippen LogP contribution < -0.4 is 15.1 Å². The smallest absolute Gasteiger partial charge is 0.266 e. The number of hydrogen-bond donors (Lipinski definition) is 1. The van der Waals surface area contributed by atoms with Crippen LogP contribution in [0.1, 0.15) is 15.2 Å². The lowest BCUT2D eigenvalue weighted by Crippen LogP contribution is -2.47. The topological polar surface area (TPSA) is 61.4 Å². The number of thiophene rings is 1. The van der Waals surface area contributed by atoms with Crippen LogP contribution >= 0.6 is 11.3 Å². The number of anilines is 3. The first-order valence-electron chi connectivity index (χ1n) is 10.6. The van der Waals surface area contributed by atoms with E-state index in [1.807, 2.05) is 17.9 Å². The summed E-state index contributed by atoms with van der Waals surface area (Å²) in [4.78, 5) is 27.3. The normalized spacial score (nSPS) is 14.0. The molecule has 1 fully saturated rings. The Morgan fingerprint density at radius 3 is 2.39 bits per heavy atom. The van der Waals surface area contributed by atoms with E-state index in [9.17, 15) is 13.6 Å². The van der Waals surface area contributed by atoms with Crippen LogP contribution in [0.2, 0.25) is 0 Å². The molecule has 1 N–H and O–H groups in total. The van der Waals surface area contributed by atoms with E-state index in [4.69, 9.17) is 0 Å². The fourth-order valence-electron chi connectivity index (χ4n) is 4.10. The number of halogens is 2. The molecule has 4 aromatic rings. The van der Waals surface area contributed by atoms with Crippen molar-refractivity contribution in [3.8, 4) is 0 Å². The van der Waals surface area contributed by atoms with Crippen molar-refractivity contribution in [1.82, 2.24) is 9.97 Å². The van der Waals surface area contributed by atoms with Crippen molar-refractivity contribution in [2.75, 3.05) is 41.3 Å². The number of fused-ring (bicyclic) bond motifs is 1. The van der Waals surface area contributed by atoms with Gasteiger partial charge in [0.1, 0.15) is 28.6 Å². The van der Waals surface area contributed by atoms with Gasteiger partial charge in [-0.25, -0.2) is 18.7 Å². The molecule has 1 aliphatic heterocycles. The zero-order valence-corrected chi connectivity index (χ0v) is 18.7. The molecule has 3 heterocycles. The first-order valence-corrected chi connectivity index (χ1v) is 11.4. The van der Waals surface area contributed by atoms with Crippen molar-refractivity contribution in [2.24, 2.45) is 0 Å². The predicted molar refractivity (Wildman–Crippen MR) is 127 cm³/mol. The first-order chi connectivity index (χ1) is 16.0. The first kappa shape index (κ1) is 21.3. The van der Waals surface area contributed by atoms with Crippen molar-refractivity contribution < 1.29 is 13.6 Å². The van der Waals surface area contributed by atoms with Crippen LogP contribution in [-0.2, 0) is 0 Å². The molecule has 2 aromatic carbocycles. The molecule has 1 amide bonds. The van der Waals surface area contributed by atoms with E-state index in [0.717, 1.165) is 21.6 Å². The van der Waals surface area contributed by atoms with Crippen molar-refractivity contribution in [3.63, 3.8) is 0 Å². The maximum absolute atomic E-state index is 14.2. The molecule has 0 aliphatic carbocycles. The number of hydrogen-bond acceptors (Lipinski definition) is 6. The van der Waals surface area contributed by atoms with Crippen molar-refractivity contribution in [1.29, 1.82) is 0 Å². The molecule has 5 rings (SSSR count). The number of nitrogens with zero attached hydrogens (tertiary/aromatic N) is 4. The zero-order chi connectivity index (χ0) is 22.9. The number of nitrogens with one attached hydrogen (secondary N) is 1. The average Bonchev–Trinajstić information content (AvgIpc) is 3.18. The van der Waals surface area contributed by atoms with Gasteiger partial charge in [-0.2, -0.15) is 0 Å². The van der Waals surface area contributed by atoms with Crippen LogP contribution in [0.4, 0.5) is 26.0 Å². The second-order valence-corrected chi connectivity index (χ2v) is 8.82. The minimum absolute atomic E-state index is 0.221. The molecular formula is C24H21F2N5OS. The van der Waals surface area contributed by atoms with Crippen LogP contribution in [0.25, 0.3) is 10.2 Å². The molecule has 168 valence electrons. The molecule has 0 spiro atoms. The van der Waals surface area contributed by atoms with E-state index < -0.39 is 0 Å². The zero-order valence-electron chi connectivity index (χ0n) is 17.9. The van der Waals surface area contributed by atoms with Gasteiger partial charge >= 0.3 is 0 Å². The third-order valence-corrected chi connectivity index (χ3v) is 6.99. The van der Waals surface area contributed by atoms with Gasteiger partial charge in [0.15, 0.2) is 0 Å². The van der Waals surface area contributed by atoms with Gasteiger partial charge in [0.2, 0.25) is 0 Å². The summed E-state index contributed by atoms with van der Waals surface area (Å²) in [6, 6.07) is 12.5. The van der Waals surface area contributed by atoms with Crippen molar-refractivity contribution in [2.45, 2.75) is 6.92 Å². The molecule has 0 unspecified atom stereocenters. The Bertz CT molecular complexity index is 1320. The Morgan fingerprint density at radius 1 is 0.970 bits per heavy atom. The summed E-state index contributed by atoms with van der Waals surface area (Å²) in [5, 5.41) is 3.67. The number of piperazine rings is 1. The number of rotatable bonds is 4. The average molecular weight is 466 g/mol. The molecule has 2 aromatic heterocycles. The van der Waals surface area contributed by atoms with E-state index in [2.05, 4.69) is 20.2 Å². The summed E-state index contributed by atoms with van der Waals surface area (Å²) < 4.78 is 27.3. The fourth-order valence-corrected chi connectivity index (χ4v) is 5.14. The summed E-state index contributed by atoms with van der Waals surface area (Å²) in [6.07, 6.45) is 1.51. The molecule has 1 saturated heterocycles. The molecule has 6 nitrogen and oxygen atoms in total. The summed E-state index contributed by atoms with van der Waals surface area (Å²) in [5.41, 5.74) is 1.94. The number of carbonyl (C=O) groups is 1. The third-order valence-electron chi connectivity index (χ3n) is 5.79. The SMILES string of the molecule is Cc1c(C(=O)Nc2ccc(F)cc2)sc2ncnc(N3CCN(c4ccccc4F)CC3)c12. The van der Waals surface area contributed by atoms with E-state index in [1.54, 1.807) is 12.1 Å². The molecular weight excluding hydrogens is 444 g/mol. The van der Waals surface area contributed by atoms with Gasteiger partial charge in [-0.15, -0.1) is 11.3 Å². The minimum atomic E-state index is -0.360. The van der Waals surface area contributed by atoms with Crippen LogP contribution in [0, 0.1) is 18.6 Å². The van der Waals surface area contributed by atoms with Gasteiger partial charge in [-0.3, -0.25) is 4.79 Å². The molecule has 0 bridgehead atoms. The minimum Gasteiger partial charge on any atom is -0.366 e. The van der Waals surface area contributed by atoms with Crippen LogP contribution in [0.15, 0.2) is 54.9 Å². The predicted octanol–water partition coefficient (Wildman–Crippen LogP) is 4.86. The van der Waals surface area contributed by atoms with Crippen molar-refractivity contribution >= 4 is 44.7 Å². The highest BCUT2D eigenvalue weighted by molar-refractivity contribution is 7.20. The Kier molecular flexibility index (Phi) is 5.63. The van der Waals surface area contributed by atoms with E-state index in [-0.39, 0.29) is 17.5 Å². The van der Waals surface area contributed by atoms with Gasteiger partial charge < -0.3 is 15.1 Å². The molecule has 0 radical (unpaired) electrons. The summed E-state index contributed by atoms with van der Waals surface area (Å²) in [7, 11) is 0. The highest BCUT2D eigenvalue weighted by Crippen LogP contribution is 2.36. The quantitative estimate of drug-likeness (QED) is 0.467. The lowest BCUT2D eigenvalue weighted by Gasteiger charge is -2.37. The Morgan fingerprint density at radius 2 is 1.67 bits per heavy atom. The number of carbonyl (C=O) groups excluding carboxylic acids is 1. The Balaban J connectivity index is 1.39. The second kappa shape index (κ2) is 8.74. The second-order valence-electron chi connectivity index (χ2n) is 7.82. The number of benzene rings is 2. The highest BCUT2D eigenvalue weighted by atomic mass is 32.1. The van der Waals surface area contributed by atoms with E-state index in [0.29, 0.717) is 42.4 Å². The number of para-hydroxylation sites is 1. The van der Waals surface area contributed by atoms with E-state index in [1.165, 1.54) is 48.0 Å². The van der Waals surface area contributed by atoms with E-state index >= 15 is 0 Å². The number of amides is 1. The third kappa shape index (κ3) is 4.11. The lowest BCUT2D eigenvalue weighted by molar-refractivity contribution is 0.103. The van der Waals surface area contributed by atoms with Crippen LogP contribution in [0.5, 0.6) is 0 Å². The van der Waals surface area contributed by atoms with Gasteiger partial charge in [0.05, 0.1) is 16.0 Å². The number of aromatic nitrogens is 2. The highest BCUT2D eigenvalue weighted by Gasteiger charge is 2.25. The van der Waals surface area contributed by atoms with Gasteiger partial charge in [0.25, 0.3) is 5.91 Å². The molecule has 33 heavy (non-hydrogen) atoms. The van der Waals surface area contributed by atoms with Gasteiger partial charge in [0, 0.05) is 31.9 Å². The Labute approximate surface area is 193 Å². The molecule has 9 heteroatoms. The Hall–Kier alpha value is -3.59. The number of aryl methyl sites for hydroxylation is 1. The van der Waals surface area contributed by atoms with Crippen LogP contribution in [-0.4, -0.2) is 42.1 Å². The standard InChI is InChI=1S/C24H21F2N5OS/c1-15-20-22(31-12-10-30(11-13-31)19-5-3-2-4-18(19)26)27-14-28-24(20)33-21(15)23(32)29-17-8-6-16(25)7-9-17/h2-9,14H,10-13H2,1H3,(H,29,32). The molecule has 0 saturated carbocycles. The summed E-state index contributed by atoms with van der Waals surface area (Å²) >= 11 is 1.31. The molecule has 1 aliphatic rings. The fraction of sp³-hybridized carbons (Fsp3) is 0.208.